The number of sulfonamides is 1. The number of nitrogens with one attached hydrogen (secondary N) is 1. The molecular formula is C19H20FN3O7S. The van der Waals surface area contributed by atoms with Crippen LogP contribution in [0.2, 0.25) is 0 Å². The Labute approximate surface area is 177 Å². The van der Waals surface area contributed by atoms with E-state index in [4.69, 9.17) is 4.74 Å². The van der Waals surface area contributed by atoms with E-state index in [1.165, 1.54) is 22.5 Å². The van der Waals surface area contributed by atoms with Crippen LogP contribution in [0, 0.1) is 15.9 Å². The molecule has 2 aromatic rings. The maximum Gasteiger partial charge on any atom is 0.338 e. The van der Waals surface area contributed by atoms with Gasteiger partial charge in [-0.3, -0.25) is 14.9 Å². The Hall–Kier alpha value is -3.38. The van der Waals surface area contributed by atoms with Crippen LogP contribution in [-0.4, -0.2) is 49.2 Å². The minimum atomic E-state index is -3.80. The van der Waals surface area contributed by atoms with Gasteiger partial charge in [0, 0.05) is 25.2 Å². The third-order valence-electron chi connectivity index (χ3n) is 4.18. The summed E-state index contributed by atoms with van der Waals surface area (Å²) in [5.74, 6) is -2.80. The summed E-state index contributed by atoms with van der Waals surface area (Å²) in [5, 5.41) is 12.8. The smallest absolute Gasteiger partial charge is 0.338 e. The van der Waals surface area contributed by atoms with Crippen LogP contribution in [0.25, 0.3) is 0 Å². The SMILES string of the molecule is CCN(CC)S(=O)(=O)c1cccc(C(=O)OCC(=O)Nc2cc([N+](=O)[O-])ccc2F)c1. The Morgan fingerprint density at radius 3 is 2.45 bits per heavy atom. The number of nitro benzene ring substituents is 1. The van der Waals surface area contributed by atoms with Gasteiger partial charge in [-0.05, 0) is 24.3 Å². The van der Waals surface area contributed by atoms with Gasteiger partial charge in [0.2, 0.25) is 10.0 Å². The molecule has 0 aliphatic heterocycles. The van der Waals surface area contributed by atoms with Crippen LogP contribution in [0.1, 0.15) is 24.2 Å². The average molecular weight is 453 g/mol. The number of esters is 1. The predicted molar refractivity (Wildman–Crippen MR) is 109 cm³/mol. The Kier molecular flexibility index (Phi) is 7.78. The normalized spacial score (nSPS) is 11.2. The number of carbonyl (C=O) groups excluding carboxylic acids is 2. The number of nitrogens with zero attached hydrogens (tertiary/aromatic N) is 2. The summed E-state index contributed by atoms with van der Waals surface area (Å²) in [5.41, 5.74) is -0.968. The molecule has 2 rings (SSSR count). The van der Waals surface area contributed by atoms with E-state index in [0.29, 0.717) is 0 Å². The number of nitro groups is 1. The molecule has 0 heterocycles. The minimum absolute atomic E-state index is 0.0949. The van der Waals surface area contributed by atoms with Crippen LogP contribution >= 0.6 is 0 Å². The number of carbonyl (C=O) groups is 2. The zero-order valence-electron chi connectivity index (χ0n) is 16.7. The summed E-state index contributed by atoms with van der Waals surface area (Å²) in [7, 11) is -3.80. The lowest BCUT2D eigenvalue weighted by molar-refractivity contribution is -0.384. The summed E-state index contributed by atoms with van der Waals surface area (Å²) in [6.07, 6.45) is 0. The monoisotopic (exact) mass is 453 g/mol. The lowest BCUT2D eigenvalue weighted by atomic mass is 10.2. The second-order valence-electron chi connectivity index (χ2n) is 6.16. The molecule has 0 fully saturated rings. The predicted octanol–water partition coefficient (Wildman–Crippen LogP) is 2.56. The summed E-state index contributed by atoms with van der Waals surface area (Å²) in [4.78, 5) is 34.1. The van der Waals surface area contributed by atoms with E-state index in [2.05, 4.69) is 5.32 Å². The van der Waals surface area contributed by atoms with Gasteiger partial charge in [0.1, 0.15) is 5.82 Å². The molecule has 0 spiro atoms. The first-order valence-electron chi connectivity index (χ1n) is 9.11. The maximum atomic E-state index is 13.7. The highest BCUT2D eigenvalue weighted by Crippen LogP contribution is 2.21. The Bertz CT molecular complexity index is 1100. The van der Waals surface area contributed by atoms with Gasteiger partial charge in [-0.15, -0.1) is 0 Å². The number of halogens is 1. The molecule has 0 bridgehead atoms. The van der Waals surface area contributed by atoms with Crippen molar-refractivity contribution in [2.45, 2.75) is 18.7 Å². The first-order chi connectivity index (χ1) is 14.6. The fourth-order valence-corrected chi connectivity index (χ4v) is 4.12. The van der Waals surface area contributed by atoms with Crippen LogP contribution < -0.4 is 5.32 Å². The lowest BCUT2D eigenvalue weighted by Crippen LogP contribution is -2.30. The molecule has 31 heavy (non-hydrogen) atoms. The van der Waals surface area contributed by atoms with Crippen LogP contribution in [0.3, 0.4) is 0 Å². The fourth-order valence-electron chi connectivity index (χ4n) is 2.62. The maximum absolute atomic E-state index is 13.7. The van der Waals surface area contributed by atoms with E-state index in [0.717, 1.165) is 24.3 Å². The first-order valence-corrected chi connectivity index (χ1v) is 10.5. The molecule has 0 atom stereocenters. The van der Waals surface area contributed by atoms with Crippen LogP contribution in [0.4, 0.5) is 15.8 Å². The molecule has 10 nitrogen and oxygen atoms in total. The van der Waals surface area contributed by atoms with Crippen molar-refractivity contribution in [2.24, 2.45) is 0 Å². The van der Waals surface area contributed by atoms with Crippen molar-refractivity contribution in [2.75, 3.05) is 25.0 Å². The summed E-state index contributed by atoms with van der Waals surface area (Å²) in [6, 6.07) is 7.74. The standard InChI is InChI=1S/C19H20FN3O7S/c1-3-22(4-2)31(28,29)15-7-5-6-13(10-15)19(25)30-12-18(24)21-17-11-14(23(26)27)8-9-16(17)20/h5-11H,3-4,12H2,1-2H3,(H,21,24). The molecular weight excluding hydrogens is 433 g/mol. The molecule has 166 valence electrons. The van der Waals surface area contributed by atoms with Gasteiger partial charge in [-0.2, -0.15) is 4.31 Å². The van der Waals surface area contributed by atoms with E-state index in [9.17, 15) is 32.5 Å². The molecule has 0 radical (unpaired) electrons. The van der Waals surface area contributed by atoms with E-state index in [1.807, 2.05) is 0 Å². The van der Waals surface area contributed by atoms with Crippen LogP contribution in [0.15, 0.2) is 47.4 Å². The number of rotatable bonds is 9. The molecule has 0 saturated heterocycles. The number of non-ortho nitro benzene ring substituents is 1. The molecule has 0 aromatic heterocycles. The van der Waals surface area contributed by atoms with Crippen molar-refractivity contribution in [3.63, 3.8) is 0 Å². The Morgan fingerprint density at radius 2 is 1.84 bits per heavy atom. The van der Waals surface area contributed by atoms with E-state index >= 15 is 0 Å². The lowest BCUT2D eigenvalue weighted by Gasteiger charge is -2.18. The van der Waals surface area contributed by atoms with Gasteiger partial charge in [0.05, 0.1) is 21.1 Å². The average Bonchev–Trinajstić information content (AvgIpc) is 2.74. The number of ether oxygens (including phenoxy) is 1. The number of hydrogen-bond donors (Lipinski definition) is 1. The summed E-state index contributed by atoms with van der Waals surface area (Å²) >= 11 is 0. The number of anilines is 1. The van der Waals surface area contributed by atoms with Crippen molar-refractivity contribution in [1.29, 1.82) is 0 Å². The second kappa shape index (κ2) is 10.1. The summed E-state index contributed by atoms with van der Waals surface area (Å²) in [6.45, 7) is 3.06. The molecule has 0 aliphatic rings. The molecule has 1 N–H and O–H groups in total. The number of hydrogen-bond acceptors (Lipinski definition) is 7. The van der Waals surface area contributed by atoms with Crippen molar-refractivity contribution < 1.29 is 32.1 Å². The van der Waals surface area contributed by atoms with E-state index in [1.54, 1.807) is 13.8 Å². The second-order valence-corrected chi connectivity index (χ2v) is 8.10. The highest BCUT2D eigenvalue weighted by molar-refractivity contribution is 7.89. The molecule has 0 saturated carbocycles. The van der Waals surface area contributed by atoms with Crippen LogP contribution in [-0.2, 0) is 19.6 Å². The van der Waals surface area contributed by atoms with Crippen molar-refractivity contribution in [1.82, 2.24) is 4.31 Å². The van der Waals surface area contributed by atoms with Gasteiger partial charge < -0.3 is 10.1 Å². The highest BCUT2D eigenvalue weighted by atomic mass is 32.2. The zero-order valence-corrected chi connectivity index (χ0v) is 17.5. The Balaban J connectivity index is 2.07. The largest absolute Gasteiger partial charge is 0.452 e. The van der Waals surface area contributed by atoms with E-state index in [-0.39, 0.29) is 23.5 Å². The minimum Gasteiger partial charge on any atom is -0.452 e. The summed E-state index contributed by atoms with van der Waals surface area (Å²) < 4.78 is 44.9. The quantitative estimate of drug-likeness (QED) is 0.350. The molecule has 0 unspecified atom stereocenters. The van der Waals surface area contributed by atoms with Gasteiger partial charge in [0.15, 0.2) is 6.61 Å². The highest BCUT2D eigenvalue weighted by Gasteiger charge is 2.23. The third-order valence-corrected chi connectivity index (χ3v) is 6.23. The number of amides is 1. The first kappa shape index (κ1) is 23.9. The topological polar surface area (TPSA) is 136 Å². The van der Waals surface area contributed by atoms with Gasteiger partial charge >= 0.3 is 5.97 Å². The van der Waals surface area contributed by atoms with Crippen molar-refractivity contribution in [3.05, 3.63) is 64.0 Å². The van der Waals surface area contributed by atoms with Crippen LogP contribution in [0.5, 0.6) is 0 Å². The van der Waals surface area contributed by atoms with Gasteiger partial charge in [-0.1, -0.05) is 19.9 Å². The third kappa shape index (κ3) is 5.83. The van der Waals surface area contributed by atoms with Crippen molar-refractivity contribution >= 4 is 33.3 Å². The van der Waals surface area contributed by atoms with E-state index < -0.39 is 50.6 Å². The molecule has 0 aliphatic carbocycles. The molecule has 12 heteroatoms. The number of benzene rings is 2. The molecule has 1 amide bonds. The Morgan fingerprint density at radius 1 is 1.16 bits per heavy atom. The van der Waals surface area contributed by atoms with Gasteiger partial charge in [0.25, 0.3) is 11.6 Å². The fraction of sp³-hybridized carbons (Fsp3) is 0.263. The van der Waals surface area contributed by atoms with Crippen molar-refractivity contribution in [3.8, 4) is 0 Å². The molecule has 2 aromatic carbocycles. The van der Waals surface area contributed by atoms with Gasteiger partial charge in [-0.25, -0.2) is 17.6 Å². The zero-order chi connectivity index (χ0) is 23.2.